The normalized spacial score (nSPS) is 35.6. The molecule has 5 heteroatoms. The van der Waals surface area contributed by atoms with Gasteiger partial charge in [0, 0.05) is 41.6 Å². The minimum absolute atomic E-state index is 0.0677. The van der Waals surface area contributed by atoms with Gasteiger partial charge in [0.15, 0.2) is 0 Å². The average molecular weight is 561 g/mol. The van der Waals surface area contributed by atoms with Gasteiger partial charge < -0.3 is 14.7 Å². The fourth-order valence-electron chi connectivity index (χ4n) is 11.0. The molecule has 0 aromatic heterocycles. The molecule has 1 amide bonds. The number of aromatic hydroxyl groups is 1. The lowest BCUT2D eigenvalue weighted by molar-refractivity contribution is -0.349. The van der Waals surface area contributed by atoms with E-state index in [-0.39, 0.29) is 17.4 Å². The van der Waals surface area contributed by atoms with E-state index in [2.05, 4.69) is 28.9 Å². The van der Waals surface area contributed by atoms with Gasteiger partial charge in [-0.3, -0.25) is 9.69 Å². The predicted octanol–water partition coefficient (Wildman–Crippen LogP) is 6.65. The molecule has 0 radical (unpaired) electrons. The molecule has 216 valence electrons. The maximum absolute atomic E-state index is 14.2. The van der Waals surface area contributed by atoms with E-state index >= 15 is 0 Å². The van der Waals surface area contributed by atoms with Crippen molar-refractivity contribution in [2.24, 2.45) is 29.1 Å². The van der Waals surface area contributed by atoms with Gasteiger partial charge in [-0.2, -0.15) is 0 Å². The van der Waals surface area contributed by atoms with Crippen LogP contribution in [0.25, 0.3) is 0 Å². The summed E-state index contributed by atoms with van der Waals surface area (Å²) in [5.41, 5.74) is 3.99. The van der Waals surface area contributed by atoms with Gasteiger partial charge in [-0.15, -0.1) is 0 Å². The number of ether oxygens (including phenoxy) is 1. The average Bonchev–Trinajstić information content (AvgIpc) is 3.81. The number of piperidine rings is 2. The Morgan fingerprint density at radius 2 is 1.79 bits per heavy atom. The molecule has 3 aromatic rings. The van der Waals surface area contributed by atoms with Crippen LogP contribution in [0.2, 0.25) is 0 Å². The first-order valence-corrected chi connectivity index (χ1v) is 16.2. The second-order valence-corrected chi connectivity index (χ2v) is 14.1. The van der Waals surface area contributed by atoms with Crippen LogP contribution in [-0.4, -0.2) is 52.5 Å². The summed E-state index contributed by atoms with van der Waals surface area (Å²) < 4.78 is 6.00. The Hall–Kier alpha value is -3.31. The van der Waals surface area contributed by atoms with E-state index in [4.69, 9.17) is 4.74 Å². The highest BCUT2D eigenvalue weighted by Gasteiger charge is 2.85. The first-order valence-electron chi connectivity index (χ1n) is 16.2. The number of para-hydroxylation sites is 1. The number of amides is 1. The molecule has 3 aromatic carbocycles. The zero-order chi connectivity index (χ0) is 28.2. The van der Waals surface area contributed by atoms with Gasteiger partial charge >= 0.3 is 0 Å². The van der Waals surface area contributed by atoms with Gasteiger partial charge in [-0.05, 0) is 128 Å². The molecule has 3 saturated carbocycles. The number of rotatable bonds is 6. The van der Waals surface area contributed by atoms with Gasteiger partial charge in [0.2, 0.25) is 0 Å². The van der Waals surface area contributed by atoms with Crippen LogP contribution in [0.5, 0.6) is 17.2 Å². The number of fused-ring (bicyclic) bond motifs is 1. The summed E-state index contributed by atoms with van der Waals surface area (Å²) in [4.78, 5) is 19.4. The molecule has 6 aliphatic rings. The summed E-state index contributed by atoms with van der Waals surface area (Å²) in [5, 5.41) is 10.7. The maximum Gasteiger partial charge on any atom is 0.254 e. The number of hydrogen-bond donors (Lipinski definition) is 1. The fraction of sp³-hybridized carbons (Fsp3) is 0.486. The Labute approximate surface area is 248 Å². The highest BCUT2D eigenvalue weighted by Crippen LogP contribution is 2.84. The number of benzene rings is 3. The summed E-state index contributed by atoms with van der Waals surface area (Å²) in [6, 6.07) is 24.5. The minimum Gasteiger partial charge on any atom is -0.508 e. The first kappa shape index (κ1) is 25.2. The predicted molar refractivity (Wildman–Crippen MR) is 162 cm³/mol. The molecular weight excluding hydrogens is 520 g/mol. The highest BCUT2D eigenvalue weighted by molar-refractivity contribution is 5.95. The number of carbonyl (C=O) groups is 1. The topological polar surface area (TPSA) is 53.0 Å². The summed E-state index contributed by atoms with van der Waals surface area (Å²) >= 11 is 0. The highest BCUT2D eigenvalue weighted by atomic mass is 16.5. The van der Waals surface area contributed by atoms with E-state index in [1.807, 2.05) is 60.7 Å². The van der Waals surface area contributed by atoms with Gasteiger partial charge in [0.25, 0.3) is 5.91 Å². The van der Waals surface area contributed by atoms with Crippen LogP contribution < -0.4 is 4.74 Å². The molecule has 1 spiro atoms. The Morgan fingerprint density at radius 3 is 2.55 bits per heavy atom. The number of phenols is 1. The fourth-order valence-corrected chi connectivity index (χ4v) is 11.0. The van der Waals surface area contributed by atoms with E-state index in [1.165, 1.54) is 36.9 Å². The number of hydrogen-bond acceptors (Lipinski definition) is 4. The van der Waals surface area contributed by atoms with Gasteiger partial charge in [-0.1, -0.05) is 31.2 Å². The van der Waals surface area contributed by atoms with E-state index in [0.29, 0.717) is 35.0 Å². The van der Waals surface area contributed by atoms with E-state index < -0.39 is 0 Å². The van der Waals surface area contributed by atoms with Crippen LogP contribution in [0.3, 0.4) is 0 Å². The monoisotopic (exact) mass is 560 g/mol. The lowest BCUT2D eigenvalue weighted by atomic mass is 9.20. The summed E-state index contributed by atoms with van der Waals surface area (Å²) in [6.45, 7) is 5.58. The minimum atomic E-state index is 0.0677. The van der Waals surface area contributed by atoms with Crippen molar-refractivity contribution in [2.45, 2.75) is 62.9 Å². The molecule has 2 heterocycles. The van der Waals surface area contributed by atoms with Gasteiger partial charge in [0.05, 0.1) is 0 Å². The van der Waals surface area contributed by atoms with Crippen molar-refractivity contribution >= 4 is 5.91 Å². The van der Waals surface area contributed by atoms with Crippen molar-refractivity contribution in [1.29, 1.82) is 0 Å². The molecule has 2 aliphatic heterocycles. The van der Waals surface area contributed by atoms with Crippen molar-refractivity contribution in [3.8, 4) is 17.2 Å². The van der Waals surface area contributed by atoms with E-state index in [1.54, 1.807) is 0 Å². The van der Waals surface area contributed by atoms with Crippen LogP contribution in [0, 0.1) is 29.1 Å². The molecule has 5 nitrogen and oxygen atoms in total. The quantitative estimate of drug-likeness (QED) is 0.367. The van der Waals surface area contributed by atoms with Crippen molar-refractivity contribution in [3.05, 3.63) is 89.5 Å². The third kappa shape index (κ3) is 3.21. The number of likely N-dealkylation sites (tertiary alicyclic amines) is 2. The smallest absolute Gasteiger partial charge is 0.254 e. The molecule has 1 N–H and O–H groups in total. The first-order chi connectivity index (χ1) is 20.5. The zero-order valence-electron chi connectivity index (χ0n) is 24.4. The summed E-state index contributed by atoms with van der Waals surface area (Å²) in [6.07, 6.45) is 7.27. The Balaban J connectivity index is 1.06. The van der Waals surface area contributed by atoms with Crippen molar-refractivity contribution in [2.75, 3.05) is 19.6 Å². The molecular formula is C37H40N2O3. The van der Waals surface area contributed by atoms with Crippen molar-refractivity contribution < 1.29 is 14.6 Å². The summed E-state index contributed by atoms with van der Waals surface area (Å²) in [7, 11) is 0. The molecule has 9 rings (SSSR count). The number of phenolic OH excluding ortho intramolecular Hbond substituents is 1. The Kier molecular flexibility index (Phi) is 5.32. The Bertz CT molecular complexity index is 1550. The van der Waals surface area contributed by atoms with Crippen molar-refractivity contribution in [1.82, 2.24) is 9.80 Å². The van der Waals surface area contributed by atoms with E-state index in [9.17, 15) is 9.90 Å². The molecule has 42 heavy (non-hydrogen) atoms. The number of carbonyl (C=O) groups excluding carboxylic acids is 1. The largest absolute Gasteiger partial charge is 0.508 e. The van der Waals surface area contributed by atoms with Gasteiger partial charge in [-0.25, -0.2) is 0 Å². The van der Waals surface area contributed by atoms with Crippen LogP contribution >= 0.6 is 0 Å². The molecule has 6 unspecified atom stereocenters. The second kappa shape index (κ2) is 8.86. The lowest BCUT2D eigenvalue weighted by Gasteiger charge is -2.88. The SMILES string of the molecule is CCC1C2C3[C@@H](CN1C(=O)c1ccc(Oc4ccccc4)cc1)CC31C3Cc4ccc(O)cc4C21CCN3CC1CC1. The standard InChI is InChI=1S/C37H40N2O3/c1-2-31-34-33-26(22-39(31)35(41)24-11-14-29(15-12-24)42-28-6-4-3-5-7-28)20-37(33)32-18-25-10-13-27(40)19-30(25)36(34,37)16-17-38(32)21-23-8-9-23/h3-7,10-15,19,23,26,31-34,40H,2,8-9,16-18,20-22H2,1H3/t26-,31?,32?,33?,34?,36?,37?/m1/s1. The summed E-state index contributed by atoms with van der Waals surface area (Å²) in [5.74, 6) is 4.72. The maximum atomic E-state index is 14.2. The zero-order valence-corrected chi connectivity index (χ0v) is 24.4. The van der Waals surface area contributed by atoms with Gasteiger partial charge in [0.1, 0.15) is 17.2 Å². The van der Waals surface area contributed by atoms with Crippen LogP contribution in [-0.2, 0) is 11.8 Å². The van der Waals surface area contributed by atoms with Crippen molar-refractivity contribution in [3.63, 3.8) is 0 Å². The van der Waals surface area contributed by atoms with Crippen LogP contribution in [0.1, 0.15) is 60.5 Å². The molecule has 2 saturated heterocycles. The molecule has 4 aliphatic carbocycles. The third-order valence-corrected chi connectivity index (χ3v) is 12.5. The number of nitrogens with zero attached hydrogens (tertiary/aromatic N) is 2. The third-order valence-electron chi connectivity index (χ3n) is 12.5. The van der Waals surface area contributed by atoms with E-state index in [0.717, 1.165) is 55.3 Å². The molecule has 7 atom stereocenters. The molecule has 5 fully saturated rings. The van der Waals surface area contributed by atoms with Crippen LogP contribution in [0.4, 0.5) is 0 Å². The lowest BCUT2D eigenvalue weighted by Crippen LogP contribution is -2.90. The Morgan fingerprint density at radius 1 is 1.00 bits per heavy atom. The second-order valence-electron chi connectivity index (χ2n) is 14.1. The molecule has 2 bridgehead atoms. The van der Waals surface area contributed by atoms with Crippen LogP contribution in [0.15, 0.2) is 72.8 Å².